The molecule has 148 valence electrons. The molecular weight excluding hydrogens is 374 g/mol. The molecule has 0 aromatic heterocycles. The number of esters is 1. The first-order valence-electron chi connectivity index (χ1n) is 8.70. The third-order valence-corrected chi connectivity index (χ3v) is 3.83. The van der Waals surface area contributed by atoms with Gasteiger partial charge in [-0.3, -0.25) is 14.4 Å². The number of Topliss-reactive ketones (excluding diaryl/α,β-unsaturated/α-hetero) is 1. The zero-order valence-electron chi connectivity index (χ0n) is 15.9. The van der Waals surface area contributed by atoms with Crippen LogP contribution in [0.5, 0.6) is 0 Å². The van der Waals surface area contributed by atoms with Gasteiger partial charge >= 0.3 is 5.97 Å². The van der Waals surface area contributed by atoms with Crippen LogP contribution in [0.4, 0.5) is 11.4 Å². The van der Waals surface area contributed by atoms with Crippen LogP contribution in [0.3, 0.4) is 0 Å². The van der Waals surface area contributed by atoms with Gasteiger partial charge in [0.1, 0.15) is 6.42 Å². The van der Waals surface area contributed by atoms with Crippen molar-refractivity contribution in [1.82, 2.24) is 0 Å². The molecular formula is C21H19N3O5. The Morgan fingerprint density at radius 3 is 2.31 bits per heavy atom. The Kier molecular flexibility index (Phi) is 7.20. The molecule has 0 bridgehead atoms. The van der Waals surface area contributed by atoms with E-state index in [1.807, 2.05) is 0 Å². The average Bonchev–Trinajstić information content (AvgIpc) is 2.68. The normalized spacial score (nSPS) is 10.9. The first-order chi connectivity index (χ1) is 13.8. The molecule has 2 N–H and O–H groups in total. The van der Waals surface area contributed by atoms with E-state index >= 15 is 0 Å². The molecule has 1 atom stereocenters. The second-order valence-corrected chi connectivity index (χ2v) is 6.13. The number of amides is 2. The van der Waals surface area contributed by atoms with Gasteiger partial charge in [0.05, 0.1) is 11.6 Å². The zero-order chi connectivity index (χ0) is 21.4. The van der Waals surface area contributed by atoms with Gasteiger partial charge in [-0.1, -0.05) is 12.1 Å². The van der Waals surface area contributed by atoms with Crippen molar-refractivity contribution in [3.63, 3.8) is 0 Å². The second kappa shape index (κ2) is 9.80. The monoisotopic (exact) mass is 393 g/mol. The number of rotatable bonds is 7. The largest absolute Gasteiger partial charge is 0.449 e. The number of hydrogen-bond donors (Lipinski definition) is 2. The number of carbonyl (C=O) groups is 4. The molecule has 0 heterocycles. The molecule has 2 rings (SSSR count). The first-order valence-corrected chi connectivity index (χ1v) is 8.70. The van der Waals surface area contributed by atoms with Crippen molar-refractivity contribution in [2.45, 2.75) is 26.4 Å². The zero-order valence-corrected chi connectivity index (χ0v) is 15.9. The summed E-state index contributed by atoms with van der Waals surface area (Å²) in [6.07, 6.45) is -1.34. The van der Waals surface area contributed by atoms with Crippen LogP contribution in [-0.2, 0) is 14.3 Å². The maximum atomic E-state index is 12.3. The Balaban J connectivity index is 1.95. The molecule has 0 aliphatic rings. The number of nitrogens with zero attached hydrogens (tertiary/aromatic N) is 1. The van der Waals surface area contributed by atoms with E-state index in [-0.39, 0.29) is 17.8 Å². The van der Waals surface area contributed by atoms with Gasteiger partial charge in [-0.15, -0.1) is 0 Å². The van der Waals surface area contributed by atoms with Crippen LogP contribution < -0.4 is 10.6 Å². The number of carbonyl (C=O) groups excluding carboxylic acids is 4. The highest BCUT2D eigenvalue weighted by Crippen LogP contribution is 2.14. The lowest BCUT2D eigenvalue weighted by molar-refractivity contribution is -0.123. The standard InChI is InChI=1S/C21H19N3O5/c1-13(25)16-4-3-5-18(12-16)24-20(27)14(2)29-21(28)15-6-8-17(9-7-15)23-19(26)10-11-22/h3-9,12,14H,10H2,1-2H3,(H,23,26)(H,24,27)/t14-/m0/s1. The minimum absolute atomic E-state index is 0.132. The number of benzene rings is 2. The van der Waals surface area contributed by atoms with Gasteiger partial charge in [-0.05, 0) is 50.2 Å². The van der Waals surface area contributed by atoms with Crippen LogP contribution in [0, 0.1) is 11.3 Å². The number of nitrogens with one attached hydrogen (secondary N) is 2. The highest BCUT2D eigenvalue weighted by Gasteiger charge is 2.19. The molecule has 0 aliphatic heterocycles. The number of hydrogen-bond acceptors (Lipinski definition) is 6. The molecule has 2 aromatic carbocycles. The lowest BCUT2D eigenvalue weighted by Gasteiger charge is -2.14. The van der Waals surface area contributed by atoms with Crippen molar-refractivity contribution in [1.29, 1.82) is 5.26 Å². The van der Waals surface area contributed by atoms with Crippen molar-refractivity contribution >= 4 is 34.9 Å². The predicted molar refractivity (Wildman–Crippen MR) is 105 cm³/mol. The Bertz CT molecular complexity index is 977. The van der Waals surface area contributed by atoms with E-state index in [1.165, 1.54) is 44.2 Å². The van der Waals surface area contributed by atoms with Gasteiger partial charge in [0.2, 0.25) is 5.91 Å². The third kappa shape index (κ3) is 6.29. The summed E-state index contributed by atoms with van der Waals surface area (Å²) in [6, 6.07) is 14.0. The van der Waals surface area contributed by atoms with Gasteiger partial charge in [-0.25, -0.2) is 4.79 Å². The summed E-state index contributed by atoms with van der Waals surface area (Å²) < 4.78 is 5.16. The summed E-state index contributed by atoms with van der Waals surface area (Å²) >= 11 is 0. The topological polar surface area (TPSA) is 125 Å². The van der Waals surface area contributed by atoms with E-state index in [4.69, 9.17) is 10.00 Å². The number of ether oxygens (including phenoxy) is 1. The molecule has 8 nitrogen and oxygen atoms in total. The smallest absolute Gasteiger partial charge is 0.338 e. The number of nitriles is 1. The van der Waals surface area contributed by atoms with Crippen molar-refractivity contribution in [3.8, 4) is 6.07 Å². The molecule has 2 amide bonds. The summed E-state index contributed by atoms with van der Waals surface area (Å²) in [5, 5.41) is 13.6. The van der Waals surface area contributed by atoms with E-state index < -0.39 is 23.9 Å². The summed E-state index contributed by atoms with van der Waals surface area (Å²) in [5.74, 6) is -1.84. The highest BCUT2D eigenvalue weighted by atomic mass is 16.5. The van der Waals surface area contributed by atoms with Gasteiger partial charge in [0.25, 0.3) is 5.91 Å². The van der Waals surface area contributed by atoms with Gasteiger partial charge in [0, 0.05) is 16.9 Å². The van der Waals surface area contributed by atoms with Crippen LogP contribution >= 0.6 is 0 Å². The van der Waals surface area contributed by atoms with Gasteiger partial charge < -0.3 is 15.4 Å². The van der Waals surface area contributed by atoms with Crippen LogP contribution in [0.1, 0.15) is 41.0 Å². The van der Waals surface area contributed by atoms with E-state index in [0.29, 0.717) is 16.9 Å². The molecule has 0 fully saturated rings. The Labute approximate surface area is 167 Å². The SMILES string of the molecule is CC(=O)c1cccc(NC(=O)[C@H](C)OC(=O)c2ccc(NC(=O)CC#N)cc2)c1. The van der Waals surface area contributed by atoms with Crippen molar-refractivity contribution in [2.24, 2.45) is 0 Å². The van der Waals surface area contributed by atoms with Crippen LogP contribution in [0.25, 0.3) is 0 Å². The van der Waals surface area contributed by atoms with Gasteiger partial charge in [0.15, 0.2) is 11.9 Å². The molecule has 8 heteroatoms. The third-order valence-electron chi connectivity index (χ3n) is 3.83. The van der Waals surface area contributed by atoms with E-state index in [1.54, 1.807) is 24.3 Å². The Morgan fingerprint density at radius 1 is 1.00 bits per heavy atom. The molecule has 0 aliphatic carbocycles. The number of ketones is 1. The lowest BCUT2D eigenvalue weighted by Crippen LogP contribution is -2.30. The fourth-order valence-electron chi connectivity index (χ4n) is 2.31. The average molecular weight is 393 g/mol. The lowest BCUT2D eigenvalue weighted by atomic mass is 10.1. The van der Waals surface area contributed by atoms with Crippen LogP contribution in [0.2, 0.25) is 0 Å². The molecule has 0 unspecified atom stereocenters. The van der Waals surface area contributed by atoms with Crippen LogP contribution in [0.15, 0.2) is 48.5 Å². The molecule has 0 spiro atoms. The van der Waals surface area contributed by atoms with Crippen molar-refractivity contribution in [3.05, 3.63) is 59.7 Å². The maximum absolute atomic E-state index is 12.3. The van der Waals surface area contributed by atoms with Crippen molar-refractivity contribution < 1.29 is 23.9 Å². The summed E-state index contributed by atoms with van der Waals surface area (Å²) in [5.41, 5.74) is 1.50. The minimum atomic E-state index is -1.07. The molecule has 2 aromatic rings. The number of anilines is 2. The van der Waals surface area contributed by atoms with E-state index in [9.17, 15) is 19.2 Å². The highest BCUT2D eigenvalue weighted by molar-refractivity contribution is 5.99. The van der Waals surface area contributed by atoms with Crippen molar-refractivity contribution in [2.75, 3.05) is 10.6 Å². The quantitative estimate of drug-likeness (QED) is 0.550. The minimum Gasteiger partial charge on any atom is -0.449 e. The molecule has 0 radical (unpaired) electrons. The first kappa shape index (κ1) is 21.3. The summed E-state index contributed by atoms with van der Waals surface area (Å²) in [7, 11) is 0. The predicted octanol–water partition coefficient (Wildman–Crippen LogP) is 2.93. The molecule has 29 heavy (non-hydrogen) atoms. The van der Waals surface area contributed by atoms with Gasteiger partial charge in [-0.2, -0.15) is 5.26 Å². The van der Waals surface area contributed by atoms with E-state index in [0.717, 1.165) is 0 Å². The fourth-order valence-corrected chi connectivity index (χ4v) is 2.31. The Morgan fingerprint density at radius 2 is 1.69 bits per heavy atom. The summed E-state index contributed by atoms with van der Waals surface area (Å²) in [6.45, 7) is 2.85. The summed E-state index contributed by atoms with van der Waals surface area (Å²) in [4.78, 5) is 47.3. The Hall–Kier alpha value is -3.99. The second-order valence-electron chi connectivity index (χ2n) is 6.13. The maximum Gasteiger partial charge on any atom is 0.338 e. The fraction of sp³-hybridized carbons (Fsp3) is 0.190. The molecule has 0 saturated carbocycles. The van der Waals surface area contributed by atoms with E-state index in [2.05, 4.69) is 10.6 Å². The molecule has 0 saturated heterocycles. The van der Waals surface area contributed by atoms with Crippen LogP contribution in [-0.4, -0.2) is 29.7 Å².